The monoisotopic (exact) mass is 439 g/mol. The summed E-state index contributed by atoms with van der Waals surface area (Å²) in [6, 6.07) is 21.7. The van der Waals surface area contributed by atoms with E-state index in [2.05, 4.69) is 15.6 Å². The molecule has 0 saturated carbocycles. The van der Waals surface area contributed by atoms with Crippen LogP contribution in [0.4, 0.5) is 5.69 Å². The van der Waals surface area contributed by atoms with Gasteiger partial charge in [0, 0.05) is 28.4 Å². The molecule has 4 aromatic rings. The summed E-state index contributed by atoms with van der Waals surface area (Å²) in [5, 5.41) is 5.54. The Balaban J connectivity index is 1.39. The predicted molar refractivity (Wildman–Crippen MR) is 127 cm³/mol. The molecule has 3 aromatic carbocycles. The van der Waals surface area contributed by atoms with Crippen LogP contribution in [0.5, 0.6) is 0 Å². The first-order chi connectivity index (χ1) is 15.9. The minimum atomic E-state index is -0.442. The highest BCUT2D eigenvalue weighted by Gasteiger charge is 2.12. The van der Waals surface area contributed by atoms with Crippen molar-refractivity contribution < 1.29 is 14.4 Å². The second-order valence-corrected chi connectivity index (χ2v) is 7.52. The normalized spacial score (nSPS) is 10.6. The molecule has 0 aliphatic heterocycles. The number of pyridine rings is 1. The van der Waals surface area contributed by atoms with Crippen molar-refractivity contribution in [2.45, 2.75) is 6.92 Å². The van der Waals surface area contributed by atoms with E-state index >= 15 is 0 Å². The van der Waals surface area contributed by atoms with Crippen molar-refractivity contribution in [3.05, 3.63) is 100 Å². The third kappa shape index (κ3) is 4.88. The molecule has 0 aliphatic rings. The first-order valence-corrected chi connectivity index (χ1v) is 10.3. The fourth-order valence-corrected chi connectivity index (χ4v) is 3.47. The van der Waals surface area contributed by atoms with E-state index in [-0.39, 0.29) is 23.8 Å². The Hall–Kier alpha value is -4.52. The zero-order valence-corrected chi connectivity index (χ0v) is 17.8. The van der Waals surface area contributed by atoms with E-state index in [0.717, 1.165) is 11.1 Å². The Morgan fingerprint density at radius 3 is 2.27 bits per heavy atom. The van der Waals surface area contributed by atoms with Crippen molar-refractivity contribution in [1.82, 2.24) is 10.3 Å². The van der Waals surface area contributed by atoms with Crippen molar-refractivity contribution in [2.24, 2.45) is 0 Å². The number of H-pyrrole nitrogens is 1. The molecule has 0 aliphatic carbocycles. The van der Waals surface area contributed by atoms with Crippen molar-refractivity contribution in [1.29, 1.82) is 0 Å². The number of amides is 2. The molecule has 164 valence electrons. The predicted octanol–water partition coefficient (Wildman–Crippen LogP) is 3.77. The lowest BCUT2D eigenvalue weighted by Crippen LogP contribution is -2.32. The molecule has 0 atom stereocenters. The quantitative estimate of drug-likeness (QED) is 0.398. The van der Waals surface area contributed by atoms with E-state index in [4.69, 9.17) is 0 Å². The number of aromatic nitrogens is 1. The first kappa shape index (κ1) is 21.7. The standard InChI is InChI=1S/C26H21N3O4/c1-16(30)22-14-27-23-12-11-20(13-21(23)25(22)32)29-24(31)15-28-26(33)19-9-7-18(8-10-19)17-5-3-2-4-6-17/h2-14H,15H2,1H3,(H,27,32)(H,28,33)(H,29,31). The fraction of sp³-hybridized carbons (Fsp3) is 0.0769. The minimum Gasteiger partial charge on any atom is -0.360 e. The van der Waals surface area contributed by atoms with Gasteiger partial charge in [-0.1, -0.05) is 42.5 Å². The molecule has 33 heavy (non-hydrogen) atoms. The van der Waals surface area contributed by atoms with Crippen LogP contribution in [0.25, 0.3) is 22.0 Å². The van der Waals surface area contributed by atoms with Crippen LogP contribution in [-0.2, 0) is 4.79 Å². The maximum atomic E-state index is 12.5. The highest BCUT2D eigenvalue weighted by Crippen LogP contribution is 2.19. The van der Waals surface area contributed by atoms with Gasteiger partial charge in [-0.3, -0.25) is 19.2 Å². The summed E-state index contributed by atoms with van der Waals surface area (Å²) in [4.78, 5) is 51.7. The highest BCUT2D eigenvalue weighted by molar-refractivity contribution is 6.01. The largest absolute Gasteiger partial charge is 0.360 e. The summed E-state index contributed by atoms with van der Waals surface area (Å²) in [6.07, 6.45) is 1.38. The van der Waals surface area contributed by atoms with Gasteiger partial charge in [0.15, 0.2) is 11.2 Å². The summed E-state index contributed by atoms with van der Waals surface area (Å²) < 4.78 is 0. The van der Waals surface area contributed by atoms with Crippen molar-refractivity contribution >= 4 is 34.2 Å². The Bertz CT molecular complexity index is 1410. The molecular formula is C26H21N3O4. The number of aromatic amines is 1. The number of hydrogen-bond acceptors (Lipinski definition) is 4. The van der Waals surface area contributed by atoms with E-state index in [9.17, 15) is 19.2 Å². The van der Waals surface area contributed by atoms with Gasteiger partial charge in [0.1, 0.15) is 0 Å². The van der Waals surface area contributed by atoms with Crippen LogP contribution in [-0.4, -0.2) is 29.1 Å². The molecule has 1 heterocycles. The van der Waals surface area contributed by atoms with Crippen LogP contribution in [0.2, 0.25) is 0 Å². The number of rotatable bonds is 6. The molecule has 4 rings (SSSR count). The number of carbonyl (C=O) groups excluding carboxylic acids is 3. The Kier molecular flexibility index (Phi) is 6.13. The maximum absolute atomic E-state index is 12.5. The second kappa shape index (κ2) is 9.32. The van der Waals surface area contributed by atoms with Gasteiger partial charge >= 0.3 is 0 Å². The van der Waals surface area contributed by atoms with Gasteiger partial charge < -0.3 is 15.6 Å². The van der Waals surface area contributed by atoms with Crippen LogP contribution < -0.4 is 16.1 Å². The molecule has 1 aromatic heterocycles. The molecule has 0 fully saturated rings. The van der Waals surface area contributed by atoms with E-state index in [1.807, 2.05) is 42.5 Å². The van der Waals surface area contributed by atoms with E-state index in [0.29, 0.717) is 22.2 Å². The Morgan fingerprint density at radius 1 is 0.879 bits per heavy atom. The summed E-state index contributed by atoms with van der Waals surface area (Å²) in [7, 11) is 0. The summed E-state index contributed by atoms with van der Waals surface area (Å²) in [5.74, 6) is -1.15. The number of Topliss-reactive ketones (excluding diaryl/α,β-unsaturated/α-hetero) is 1. The zero-order valence-electron chi connectivity index (χ0n) is 17.8. The number of anilines is 1. The van der Waals surface area contributed by atoms with Crippen molar-refractivity contribution in [3.8, 4) is 11.1 Å². The number of benzene rings is 3. The van der Waals surface area contributed by atoms with Crippen LogP contribution in [0, 0.1) is 0 Å². The average molecular weight is 439 g/mol. The van der Waals surface area contributed by atoms with E-state index in [1.54, 1.807) is 24.3 Å². The SMILES string of the molecule is CC(=O)c1c[nH]c2ccc(NC(=O)CNC(=O)c3ccc(-c4ccccc4)cc3)cc2c1=O. The maximum Gasteiger partial charge on any atom is 0.251 e. The van der Waals surface area contributed by atoms with Gasteiger partial charge in [-0.25, -0.2) is 0 Å². The minimum absolute atomic E-state index is 0.0523. The average Bonchev–Trinajstić information content (AvgIpc) is 2.83. The molecule has 0 spiro atoms. The molecule has 7 nitrogen and oxygen atoms in total. The van der Waals surface area contributed by atoms with Crippen LogP contribution in [0.1, 0.15) is 27.6 Å². The van der Waals surface area contributed by atoms with E-state index < -0.39 is 11.3 Å². The number of hydrogen-bond donors (Lipinski definition) is 3. The topological polar surface area (TPSA) is 108 Å². The van der Waals surface area contributed by atoms with Crippen molar-refractivity contribution in [2.75, 3.05) is 11.9 Å². The third-order valence-corrected chi connectivity index (χ3v) is 5.21. The van der Waals surface area contributed by atoms with Crippen molar-refractivity contribution in [3.63, 3.8) is 0 Å². The third-order valence-electron chi connectivity index (χ3n) is 5.21. The molecule has 2 amide bonds. The number of carbonyl (C=O) groups is 3. The summed E-state index contributed by atoms with van der Waals surface area (Å²) in [5.41, 5.74) is 3.07. The van der Waals surface area contributed by atoms with Crippen LogP contribution in [0.15, 0.2) is 83.8 Å². The lowest BCUT2D eigenvalue weighted by atomic mass is 10.0. The zero-order chi connectivity index (χ0) is 23.4. The summed E-state index contributed by atoms with van der Waals surface area (Å²) >= 11 is 0. The van der Waals surface area contributed by atoms with Gasteiger partial charge in [-0.2, -0.15) is 0 Å². The molecule has 0 bridgehead atoms. The van der Waals surface area contributed by atoms with Gasteiger partial charge in [0.2, 0.25) is 5.91 Å². The smallest absolute Gasteiger partial charge is 0.251 e. The Labute approximate surface area is 189 Å². The van der Waals surface area contributed by atoms with Crippen LogP contribution >= 0.6 is 0 Å². The number of nitrogens with one attached hydrogen (secondary N) is 3. The lowest BCUT2D eigenvalue weighted by Gasteiger charge is -2.09. The fourth-order valence-electron chi connectivity index (χ4n) is 3.47. The first-order valence-electron chi connectivity index (χ1n) is 10.3. The van der Waals surface area contributed by atoms with Crippen LogP contribution in [0.3, 0.4) is 0 Å². The molecular weight excluding hydrogens is 418 g/mol. The van der Waals surface area contributed by atoms with Gasteiger partial charge in [-0.05, 0) is 48.4 Å². The molecule has 3 N–H and O–H groups in total. The van der Waals surface area contributed by atoms with Gasteiger partial charge in [0.05, 0.1) is 12.1 Å². The lowest BCUT2D eigenvalue weighted by molar-refractivity contribution is -0.115. The molecule has 0 saturated heterocycles. The van der Waals surface area contributed by atoms with Gasteiger partial charge in [0.25, 0.3) is 5.91 Å². The molecule has 0 radical (unpaired) electrons. The van der Waals surface area contributed by atoms with E-state index in [1.165, 1.54) is 19.2 Å². The molecule has 0 unspecified atom stereocenters. The highest BCUT2D eigenvalue weighted by atomic mass is 16.2. The Morgan fingerprint density at radius 2 is 1.58 bits per heavy atom. The van der Waals surface area contributed by atoms with Gasteiger partial charge in [-0.15, -0.1) is 0 Å². The molecule has 7 heteroatoms. The second-order valence-electron chi connectivity index (χ2n) is 7.52. The summed E-state index contributed by atoms with van der Waals surface area (Å²) in [6.45, 7) is 1.08. The number of fused-ring (bicyclic) bond motifs is 1. The number of ketones is 1.